The highest BCUT2D eigenvalue weighted by Gasteiger charge is 2.35. The van der Waals surface area contributed by atoms with E-state index >= 15 is 0 Å². The first-order valence-corrected chi connectivity index (χ1v) is 5.35. The van der Waals surface area contributed by atoms with Crippen molar-refractivity contribution in [1.82, 2.24) is 5.06 Å². The van der Waals surface area contributed by atoms with Crippen LogP contribution in [0, 0.1) is 5.92 Å². The van der Waals surface area contributed by atoms with Crippen molar-refractivity contribution in [3.63, 3.8) is 0 Å². The van der Waals surface area contributed by atoms with Gasteiger partial charge in [0.05, 0.1) is 6.61 Å². The Hall–Kier alpha value is -0.610. The third kappa shape index (κ3) is 1.91. The van der Waals surface area contributed by atoms with Crippen LogP contribution in [-0.4, -0.2) is 36.8 Å². The Kier molecular flexibility index (Phi) is 3.03. The fourth-order valence-corrected chi connectivity index (χ4v) is 1.92. The summed E-state index contributed by atoms with van der Waals surface area (Å²) in [6, 6.07) is 0. The number of carbonyl (C=O) groups is 1. The van der Waals surface area contributed by atoms with Gasteiger partial charge in [0.25, 0.3) is 5.91 Å². The minimum atomic E-state index is -0.270. The second-order valence-electron chi connectivity index (χ2n) is 4.04. The fourth-order valence-electron chi connectivity index (χ4n) is 1.92. The zero-order valence-electron chi connectivity index (χ0n) is 8.57. The van der Waals surface area contributed by atoms with Crippen LogP contribution in [0.2, 0.25) is 0 Å². The molecule has 2 heterocycles. The number of hydrogen-bond acceptors (Lipinski definition) is 3. The van der Waals surface area contributed by atoms with Crippen LogP contribution < -0.4 is 0 Å². The molecule has 0 aromatic heterocycles. The van der Waals surface area contributed by atoms with E-state index in [1.165, 1.54) is 5.06 Å². The lowest BCUT2D eigenvalue weighted by molar-refractivity contribution is -0.206. The lowest BCUT2D eigenvalue weighted by atomic mass is 10.0. The summed E-state index contributed by atoms with van der Waals surface area (Å²) in [6.07, 6.45) is 2.79. The fraction of sp³-hybridized carbons (Fsp3) is 0.900. The number of carbonyl (C=O) groups excluding carboxylic acids is 1. The molecule has 0 bridgehead atoms. The van der Waals surface area contributed by atoms with E-state index in [1.54, 1.807) is 0 Å². The second kappa shape index (κ2) is 4.28. The smallest absolute Gasteiger partial charge is 0.275 e. The van der Waals surface area contributed by atoms with Crippen molar-refractivity contribution in [3.05, 3.63) is 0 Å². The van der Waals surface area contributed by atoms with Crippen molar-refractivity contribution in [2.75, 3.05) is 19.8 Å². The number of amides is 1. The maximum Gasteiger partial charge on any atom is 0.275 e. The first-order valence-electron chi connectivity index (χ1n) is 5.35. The van der Waals surface area contributed by atoms with Crippen LogP contribution in [-0.2, 0) is 14.4 Å². The molecule has 0 saturated carbocycles. The van der Waals surface area contributed by atoms with E-state index in [-0.39, 0.29) is 12.0 Å². The molecule has 2 fully saturated rings. The predicted octanol–water partition coefficient (Wildman–Crippen LogP) is 0.965. The maximum absolute atomic E-state index is 11.9. The monoisotopic (exact) mass is 199 g/mol. The van der Waals surface area contributed by atoms with E-state index in [2.05, 4.69) is 6.92 Å². The Balaban J connectivity index is 1.92. The van der Waals surface area contributed by atoms with Crippen LogP contribution >= 0.6 is 0 Å². The van der Waals surface area contributed by atoms with E-state index in [4.69, 9.17) is 9.57 Å². The molecule has 2 atom stereocenters. The van der Waals surface area contributed by atoms with Crippen molar-refractivity contribution in [1.29, 1.82) is 0 Å². The van der Waals surface area contributed by atoms with Crippen LogP contribution in [0.4, 0.5) is 0 Å². The van der Waals surface area contributed by atoms with E-state index in [9.17, 15) is 4.79 Å². The molecule has 2 saturated heterocycles. The number of rotatable bonds is 1. The van der Waals surface area contributed by atoms with Gasteiger partial charge in [-0.3, -0.25) is 9.63 Å². The molecule has 2 unspecified atom stereocenters. The lowest BCUT2D eigenvalue weighted by Gasteiger charge is -2.28. The van der Waals surface area contributed by atoms with Crippen molar-refractivity contribution < 1.29 is 14.4 Å². The Morgan fingerprint density at radius 2 is 2.21 bits per heavy atom. The average Bonchev–Trinajstić information content (AvgIpc) is 2.65. The van der Waals surface area contributed by atoms with Gasteiger partial charge in [-0.05, 0) is 25.2 Å². The van der Waals surface area contributed by atoms with Crippen LogP contribution in [0.3, 0.4) is 0 Å². The second-order valence-corrected chi connectivity index (χ2v) is 4.04. The van der Waals surface area contributed by atoms with Gasteiger partial charge < -0.3 is 4.74 Å². The molecule has 4 heteroatoms. The molecule has 0 aliphatic carbocycles. The van der Waals surface area contributed by atoms with Gasteiger partial charge in [0.15, 0.2) is 0 Å². The molecule has 0 N–H and O–H groups in total. The summed E-state index contributed by atoms with van der Waals surface area (Å²) in [5.41, 5.74) is 0. The Bertz CT molecular complexity index is 213. The predicted molar refractivity (Wildman–Crippen MR) is 50.4 cm³/mol. The van der Waals surface area contributed by atoms with E-state index < -0.39 is 0 Å². The molecular weight excluding hydrogens is 182 g/mol. The first kappa shape index (κ1) is 9.93. The van der Waals surface area contributed by atoms with Crippen molar-refractivity contribution in [2.45, 2.75) is 32.3 Å². The number of hydrogen-bond donors (Lipinski definition) is 0. The minimum Gasteiger partial charge on any atom is -0.368 e. The van der Waals surface area contributed by atoms with Crippen molar-refractivity contribution in [3.8, 4) is 0 Å². The van der Waals surface area contributed by atoms with Crippen molar-refractivity contribution in [2.24, 2.45) is 5.92 Å². The molecule has 2 aliphatic rings. The van der Waals surface area contributed by atoms with Crippen LogP contribution in [0.1, 0.15) is 26.2 Å². The van der Waals surface area contributed by atoms with Gasteiger partial charge in [-0.2, -0.15) is 0 Å². The summed E-state index contributed by atoms with van der Waals surface area (Å²) in [5.74, 6) is 0.336. The highest BCUT2D eigenvalue weighted by Crippen LogP contribution is 2.23. The molecule has 0 spiro atoms. The molecule has 0 aromatic rings. The molecule has 2 aliphatic heterocycles. The van der Waals surface area contributed by atoms with Crippen LogP contribution in [0.25, 0.3) is 0 Å². The zero-order valence-corrected chi connectivity index (χ0v) is 8.57. The molecule has 1 amide bonds. The molecule has 4 nitrogen and oxygen atoms in total. The van der Waals surface area contributed by atoms with Gasteiger partial charge >= 0.3 is 0 Å². The van der Waals surface area contributed by atoms with Gasteiger partial charge in [0, 0.05) is 13.2 Å². The summed E-state index contributed by atoms with van der Waals surface area (Å²) in [7, 11) is 0. The maximum atomic E-state index is 11.9. The SMILES string of the molecule is CC1CCOC1C(=O)N1CCCCO1. The largest absolute Gasteiger partial charge is 0.368 e. The summed E-state index contributed by atoms with van der Waals surface area (Å²) in [6.45, 7) is 4.13. The Morgan fingerprint density at radius 3 is 2.79 bits per heavy atom. The highest BCUT2D eigenvalue weighted by atomic mass is 16.7. The number of nitrogens with zero attached hydrogens (tertiary/aromatic N) is 1. The van der Waals surface area contributed by atoms with E-state index in [1.807, 2.05) is 0 Å². The summed E-state index contributed by atoms with van der Waals surface area (Å²) in [5, 5.41) is 1.48. The molecule has 2 rings (SSSR count). The zero-order chi connectivity index (χ0) is 9.97. The molecule has 0 radical (unpaired) electrons. The van der Waals surface area contributed by atoms with Gasteiger partial charge in [0.2, 0.25) is 0 Å². The average molecular weight is 199 g/mol. The van der Waals surface area contributed by atoms with Gasteiger partial charge in [-0.25, -0.2) is 5.06 Å². The highest BCUT2D eigenvalue weighted by molar-refractivity contribution is 5.80. The number of ether oxygens (including phenoxy) is 1. The summed E-state index contributed by atoms with van der Waals surface area (Å²) >= 11 is 0. The van der Waals surface area contributed by atoms with Gasteiger partial charge in [0.1, 0.15) is 6.10 Å². The van der Waals surface area contributed by atoms with Gasteiger partial charge in [-0.15, -0.1) is 0 Å². The Morgan fingerprint density at radius 1 is 1.36 bits per heavy atom. The molecule has 0 aromatic carbocycles. The number of hydroxylamine groups is 2. The normalized spacial score (nSPS) is 33.4. The van der Waals surface area contributed by atoms with Crippen LogP contribution in [0.5, 0.6) is 0 Å². The van der Waals surface area contributed by atoms with E-state index in [0.29, 0.717) is 25.7 Å². The standard InChI is InChI=1S/C10H17NO3/c1-8-4-7-13-9(8)10(12)11-5-2-3-6-14-11/h8-9H,2-7H2,1H3. The molecular formula is C10H17NO3. The minimum absolute atomic E-state index is 0.00898. The quantitative estimate of drug-likeness (QED) is 0.631. The van der Waals surface area contributed by atoms with Crippen molar-refractivity contribution >= 4 is 5.91 Å². The Labute approximate surface area is 84.1 Å². The summed E-state index contributed by atoms with van der Waals surface area (Å²) in [4.78, 5) is 17.2. The third-order valence-corrected chi connectivity index (χ3v) is 2.88. The third-order valence-electron chi connectivity index (χ3n) is 2.88. The lowest BCUT2D eigenvalue weighted by Crippen LogP contribution is -2.43. The van der Waals surface area contributed by atoms with Gasteiger partial charge in [-0.1, -0.05) is 6.92 Å². The summed E-state index contributed by atoms with van der Waals surface area (Å²) < 4.78 is 5.41. The van der Waals surface area contributed by atoms with E-state index in [0.717, 1.165) is 19.3 Å². The van der Waals surface area contributed by atoms with Crippen LogP contribution in [0.15, 0.2) is 0 Å². The molecule has 14 heavy (non-hydrogen) atoms. The topological polar surface area (TPSA) is 38.8 Å². The first-order chi connectivity index (χ1) is 6.79. The molecule has 80 valence electrons.